The highest BCUT2D eigenvalue weighted by Gasteiger charge is 2.02. The summed E-state index contributed by atoms with van der Waals surface area (Å²) in [4.78, 5) is 10.7. The molecule has 0 saturated carbocycles. The minimum absolute atomic E-state index is 0.410. The average Bonchev–Trinajstić information content (AvgIpc) is 2.38. The molecule has 0 aromatic heterocycles. The Kier molecular flexibility index (Phi) is 5.62. The molecule has 0 fully saturated rings. The Morgan fingerprint density at radius 3 is 2.94 bits per heavy atom. The summed E-state index contributed by atoms with van der Waals surface area (Å²) in [5, 5.41) is 20.7. The van der Waals surface area contributed by atoms with Gasteiger partial charge >= 0.3 is 5.97 Å². The SMILES string of the molecule is CC/C(=C/CNCc1cccc(C#N)c1)C(=O)O. The number of benzene rings is 1. The number of carbonyl (C=O) groups is 1. The molecule has 18 heavy (non-hydrogen) atoms. The van der Waals surface area contributed by atoms with Crippen LogP contribution in [0.2, 0.25) is 0 Å². The molecule has 4 heteroatoms. The predicted octanol–water partition coefficient (Wildman–Crippen LogP) is 2.07. The molecule has 0 heterocycles. The van der Waals surface area contributed by atoms with Crippen molar-refractivity contribution in [3.63, 3.8) is 0 Å². The maximum absolute atomic E-state index is 10.7. The summed E-state index contributed by atoms with van der Waals surface area (Å²) < 4.78 is 0. The van der Waals surface area contributed by atoms with Crippen molar-refractivity contribution >= 4 is 5.97 Å². The maximum Gasteiger partial charge on any atom is 0.331 e. The van der Waals surface area contributed by atoms with E-state index in [4.69, 9.17) is 10.4 Å². The topological polar surface area (TPSA) is 73.1 Å². The molecule has 0 bridgehead atoms. The van der Waals surface area contributed by atoms with Crippen LogP contribution in [-0.2, 0) is 11.3 Å². The molecule has 0 aliphatic heterocycles. The first-order valence-electron chi connectivity index (χ1n) is 5.79. The van der Waals surface area contributed by atoms with Crippen molar-refractivity contribution in [2.24, 2.45) is 0 Å². The van der Waals surface area contributed by atoms with E-state index in [1.165, 1.54) is 0 Å². The van der Waals surface area contributed by atoms with Crippen LogP contribution in [-0.4, -0.2) is 17.6 Å². The normalized spacial score (nSPS) is 11.0. The highest BCUT2D eigenvalue weighted by molar-refractivity contribution is 5.86. The van der Waals surface area contributed by atoms with Gasteiger partial charge in [0.2, 0.25) is 0 Å². The molecule has 0 saturated heterocycles. The zero-order valence-corrected chi connectivity index (χ0v) is 10.3. The summed E-state index contributed by atoms with van der Waals surface area (Å²) in [5.41, 5.74) is 2.05. The summed E-state index contributed by atoms with van der Waals surface area (Å²) in [5.74, 6) is -0.870. The van der Waals surface area contributed by atoms with Gasteiger partial charge < -0.3 is 10.4 Å². The Bertz CT molecular complexity index is 487. The van der Waals surface area contributed by atoms with Gasteiger partial charge in [0.25, 0.3) is 0 Å². The van der Waals surface area contributed by atoms with Crippen molar-refractivity contribution in [2.75, 3.05) is 6.54 Å². The van der Waals surface area contributed by atoms with Crippen LogP contribution in [0.4, 0.5) is 0 Å². The van der Waals surface area contributed by atoms with Gasteiger partial charge in [-0.1, -0.05) is 25.1 Å². The van der Waals surface area contributed by atoms with Gasteiger partial charge in [-0.05, 0) is 24.1 Å². The molecule has 0 spiro atoms. The van der Waals surface area contributed by atoms with Crippen LogP contribution in [0.3, 0.4) is 0 Å². The van der Waals surface area contributed by atoms with Crippen LogP contribution in [0.5, 0.6) is 0 Å². The van der Waals surface area contributed by atoms with Crippen LogP contribution in [0, 0.1) is 11.3 Å². The second kappa shape index (κ2) is 7.25. The number of nitriles is 1. The van der Waals surface area contributed by atoms with Gasteiger partial charge in [0.1, 0.15) is 0 Å². The predicted molar refractivity (Wildman–Crippen MR) is 68.9 cm³/mol. The van der Waals surface area contributed by atoms with E-state index in [1.54, 1.807) is 12.1 Å². The van der Waals surface area contributed by atoms with Crippen molar-refractivity contribution in [3.8, 4) is 6.07 Å². The number of nitrogens with zero attached hydrogens (tertiary/aromatic N) is 1. The Labute approximate surface area is 107 Å². The minimum atomic E-state index is -0.870. The second-order valence-electron chi connectivity index (χ2n) is 3.83. The number of rotatable bonds is 6. The quantitative estimate of drug-likeness (QED) is 0.593. The van der Waals surface area contributed by atoms with E-state index in [1.807, 2.05) is 25.1 Å². The first-order chi connectivity index (χ1) is 8.67. The standard InChI is InChI=1S/C14H16N2O2/c1-2-13(14(17)18)6-7-16-10-12-5-3-4-11(8-12)9-15/h3-6,8,16H,2,7,10H2,1H3,(H,17,18)/b13-6-. The third-order valence-corrected chi connectivity index (χ3v) is 2.53. The summed E-state index contributed by atoms with van der Waals surface area (Å²) in [7, 11) is 0. The number of hydrogen-bond acceptors (Lipinski definition) is 3. The van der Waals surface area contributed by atoms with Crippen molar-refractivity contribution < 1.29 is 9.90 Å². The highest BCUT2D eigenvalue weighted by Crippen LogP contribution is 2.04. The summed E-state index contributed by atoms with van der Waals surface area (Å²) >= 11 is 0. The Morgan fingerprint density at radius 2 is 2.33 bits per heavy atom. The lowest BCUT2D eigenvalue weighted by Gasteiger charge is -2.03. The molecule has 0 aliphatic carbocycles. The van der Waals surface area contributed by atoms with Gasteiger partial charge in [-0.2, -0.15) is 5.26 Å². The van der Waals surface area contributed by atoms with Gasteiger partial charge in [0.15, 0.2) is 0 Å². The van der Waals surface area contributed by atoms with Gasteiger partial charge in [0.05, 0.1) is 11.6 Å². The van der Waals surface area contributed by atoms with E-state index < -0.39 is 5.97 Å². The Morgan fingerprint density at radius 1 is 1.56 bits per heavy atom. The van der Waals surface area contributed by atoms with Gasteiger partial charge in [-0.3, -0.25) is 0 Å². The zero-order chi connectivity index (χ0) is 13.4. The monoisotopic (exact) mass is 244 g/mol. The molecular formula is C14H16N2O2. The lowest BCUT2D eigenvalue weighted by Crippen LogP contribution is -2.14. The lowest BCUT2D eigenvalue weighted by molar-refractivity contribution is -0.132. The third-order valence-electron chi connectivity index (χ3n) is 2.53. The van der Waals surface area contributed by atoms with Gasteiger partial charge in [-0.25, -0.2) is 4.79 Å². The summed E-state index contributed by atoms with van der Waals surface area (Å²) in [6.45, 7) is 2.94. The fourth-order valence-electron chi connectivity index (χ4n) is 1.55. The molecule has 2 N–H and O–H groups in total. The number of nitrogens with one attached hydrogen (secondary N) is 1. The fraction of sp³-hybridized carbons (Fsp3) is 0.286. The molecule has 1 rings (SSSR count). The number of carboxylic acid groups (broad SMARTS) is 1. The van der Waals surface area contributed by atoms with Crippen molar-refractivity contribution in [2.45, 2.75) is 19.9 Å². The van der Waals surface area contributed by atoms with E-state index in [0.29, 0.717) is 30.6 Å². The first kappa shape index (κ1) is 13.9. The molecule has 0 radical (unpaired) electrons. The second-order valence-corrected chi connectivity index (χ2v) is 3.83. The number of carboxylic acids is 1. The van der Waals surface area contributed by atoms with Crippen LogP contribution in [0.1, 0.15) is 24.5 Å². The van der Waals surface area contributed by atoms with Crippen LogP contribution in [0.15, 0.2) is 35.9 Å². The largest absolute Gasteiger partial charge is 0.478 e. The van der Waals surface area contributed by atoms with Gasteiger partial charge in [0, 0.05) is 18.7 Å². The van der Waals surface area contributed by atoms with Crippen molar-refractivity contribution in [3.05, 3.63) is 47.0 Å². The molecule has 0 unspecified atom stereocenters. The van der Waals surface area contributed by atoms with E-state index in [0.717, 1.165) is 5.56 Å². The fourth-order valence-corrected chi connectivity index (χ4v) is 1.55. The first-order valence-corrected chi connectivity index (χ1v) is 5.79. The zero-order valence-electron chi connectivity index (χ0n) is 10.3. The highest BCUT2D eigenvalue weighted by atomic mass is 16.4. The molecule has 4 nitrogen and oxygen atoms in total. The van der Waals surface area contributed by atoms with Crippen LogP contribution < -0.4 is 5.32 Å². The van der Waals surface area contributed by atoms with Crippen LogP contribution in [0.25, 0.3) is 0 Å². The van der Waals surface area contributed by atoms with E-state index in [-0.39, 0.29) is 0 Å². The molecule has 0 aliphatic rings. The van der Waals surface area contributed by atoms with Crippen molar-refractivity contribution in [1.82, 2.24) is 5.32 Å². The summed E-state index contributed by atoms with van der Waals surface area (Å²) in [6.07, 6.45) is 2.19. The lowest BCUT2D eigenvalue weighted by atomic mass is 10.1. The maximum atomic E-state index is 10.7. The van der Waals surface area contributed by atoms with Gasteiger partial charge in [-0.15, -0.1) is 0 Å². The molecular weight excluding hydrogens is 228 g/mol. The Hall–Kier alpha value is -2.12. The third kappa shape index (κ3) is 4.40. The number of aliphatic carboxylic acids is 1. The molecule has 0 amide bonds. The summed E-state index contributed by atoms with van der Waals surface area (Å²) in [6, 6.07) is 9.41. The smallest absolute Gasteiger partial charge is 0.331 e. The minimum Gasteiger partial charge on any atom is -0.478 e. The van der Waals surface area contributed by atoms with E-state index in [2.05, 4.69) is 11.4 Å². The van der Waals surface area contributed by atoms with E-state index >= 15 is 0 Å². The Balaban J connectivity index is 2.47. The average molecular weight is 244 g/mol. The molecule has 0 atom stereocenters. The van der Waals surface area contributed by atoms with Crippen molar-refractivity contribution in [1.29, 1.82) is 5.26 Å². The van der Waals surface area contributed by atoms with E-state index in [9.17, 15) is 4.79 Å². The molecule has 94 valence electrons. The molecule has 1 aromatic rings. The van der Waals surface area contributed by atoms with Crippen LogP contribution >= 0.6 is 0 Å². The number of hydrogen-bond donors (Lipinski definition) is 2. The molecule has 1 aromatic carbocycles.